The number of rotatable bonds is 7. The van der Waals surface area contributed by atoms with Crippen LogP contribution in [-0.4, -0.2) is 36.0 Å². The van der Waals surface area contributed by atoms with E-state index in [-0.39, 0.29) is 0 Å². The van der Waals surface area contributed by atoms with Gasteiger partial charge in [-0.2, -0.15) is 0 Å². The summed E-state index contributed by atoms with van der Waals surface area (Å²) in [5, 5.41) is 3.37. The van der Waals surface area contributed by atoms with Crippen molar-refractivity contribution < 1.29 is 0 Å². The number of aliphatic imine (C=N–C) groups is 1. The summed E-state index contributed by atoms with van der Waals surface area (Å²) in [5.74, 6) is 0.945. The Labute approximate surface area is 145 Å². The summed E-state index contributed by atoms with van der Waals surface area (Å²) in [6.45, 7) is 6.75. The van der Waals surface area contributed by atoms with Gasteiger partial charge in [0, 0.05) is 39.1 Å². The lowest BCUT2D eigenvalue weighted by Crippen LogP contribution is -2.38. The molecule has 4 nitrogen and oxygen atoms in total. The molecule has 1 heterocycles. The fourth-order valence-corrected chi connectivity index (χ4v) is 2.54. The monoisotopic (exact) mass is 324 g/mol. The highest BCUT2D eigenvalue weighted by molar-refractivity contribution is 5.79. The van der Waals surface area contributed by atoms with Gasteiger partial charge in [0.05, 0.1) is 0 Å². The first kappa shape index (κ1) is 18.0. The SMILES string of the molecule is CCNC(=NCCc1cccnc1)N(C)Cc1ccc(CC)cc1. The predicted octanol–water partition coefficient (Wildman–Crippen LogP) is 3.28. The Kier molecular flexibility index (Phi) is 7.27. The smallest absolute Gasteiger partial charge is 0.193 e. The summed E-state index contributed by atoms with van der Waals surface area (Å²) >= 11 is 0. The van der Waals surface area contributed by atoms with Crippen LogP contribution < -0.4 is 5.32 Å². The van der Waals surface area contributed by atoms with Gasteiger partial charge >= 0.3 is 0 Å². The number of pyridine rings is 1. The third kappa shape index (κ3) is 5.69. The zero-order valence-corrected chi connectivity index (χ0v) is 15.0. The Morgan fingerprint density at radius 3 is 2.46 bits per heavy atom. The van der Waals surface area contributed by atoms with Gasteiger partial charge in [0.1, 0.15) is 0 Å². The summed E-state index contributed by atoms with van der Waals surface area (Å²) in [7, 11) is 2.08. The lowest BCUT2D eigenvalue weighted by Gasteiger charge is -2.22. The van der Waals surface area contributed by atoms with Crippen molar-refractivity contribution in [3.8, 4) is 0 Å². The van der Waals surface area contributed by atoms with Crippen LogP contribution in [0.4, 0.5) is 0 Å². The van der Waals surface area contributed by atoms with Gasteiger partial charge in [-0.3, -0.25) is 9.98 Å². The number of aromatic nitrogens is 1. The van der Waals surface area contributed by atoms with Gasteiger partial charge in [0.2, 0.25) is 0 Å². The molecule has 2 rings (SSSR count). The molecule has 0 aliphatic carbocycles. The topological polar surface area (TPSA) is 40.5 Å². The number of guanidine groups is 1. The van der Waals surface area contributed by atoms with E-state index < -0.39 is 0 Å². The average Bonchev–Trinajstić information content (AvgIpc) is 2.62. The largest absolute Gasteiger partial charge is 0.357 e. The van der Waals surface area contributed by atoms with Gasteiger partial charge in [-0.1, -0.05) is 37.3 Å². The molecule has 0 fully saturated rings. The third-order valence-corrected chi connectivity index (χ3v) is 3.93. The first-order chi connectivity index (χ1) is 11.7. The van der Waals surface area contributed by atoms with Crippen LogP contribution in [0.25, 0.3) is 0 Å². The van der Waals surface area contributed by atoms with E-state index in [4.69, 9.17) is 4.99 Å². The van der Waals surface area contributed by atoms with E-state index in [2.05, 4.69) is 66.4 Å². The van der Waals surface area contributed by atoms with Crippen LogP contribution in [0.15, 0.2) is 53.8 Å². The number of hydrogen-bond acceptors (Lipinski definition) is 2. The van der Waals surface area contributed by atoms with Gasteiger partial charge in [0.25, 0.3) is 0 Å². The van der Waals surface area contributed by atoms with E-state index in [1.807, 2.05) is 12.3 Å². The van der Waals surface area contributed by atoms with Crippen LogP contribution in [0.5, 0.6) is 0 Å². The molecule has 0 radical (unpaired) electrons. The summed E-state index contributed by atoms with van der Waals surface area (Å²) < 4.78 is 0. The quantitative estimate of drug-likeness (QED) is 0.627. The summed E-state index contributed by atoms with van der Waals surface area (Å²) in [6.07, 6.45) is 5.69. The molecule has 0 atom stereocenters. The lowest BCUT2D eigenvalue weighted by molar-refractivity contribution is 0.477. The first-order valence-electron chi connectivity index (χ1n) is 8.69. The van der Waals surface area contributed by atoms with Crippen LogP contribution >= 0.6 is 0 Å². The molecule has 1 N–H and O–H groups in total. The Balaban J connectivity index is 1.95. The number of hydrogen-bond donors (Lipinski definition) is 1. The maximum Gasteiger partial charge on any atom is 0.193 e. The Morgan fingerprint density at radius 2 is 1.83 bits per heavy atom. The second-order valence-corrected chi connectivity index (χ2v) is 5.87. The summed E-state index contributed by atoms with van der Waals surface area (Å²) in [6, 6.07) is 12.9. The molecule has 0 spiro atoms. The fourth-order valence-electron chi connectivity index (χ4n) is 2.54. The molecule has 128 valence electrons. The molecular weight excluding hydrogens is 296 g/mol. The Morgan fingerprint density at radius 1 is 1.08 bits per heavy atom. The number of nitrogens with one attached hydrogen (secondary N) is 1. The van der Waals surface area contributed by atoms with Crippen molar-refractivity contribution in [3.05, 3.63) is 65.5 Å². The molecular formula is C20H28N4. The zero-order valence-electron chi connectivity index (χ0n) is 15.0. The molecule has 0 unspecified atom stereocenters. The minimum Gasteiger partial charge on any atom is -0.357 e. The molecule has 2 aromatic rings. The number of benzene rings is 1. The van der Waals surface area contributed by atoms with Crippen molar-refractivity contribution in [1.82, 2.24) is 15.2 Å². The van der Waals surface area contributed by atoms with Gasteiger partial charge in [0.15, 0.2) is 5.96 Å². The standard InChI is InChI=1S/C20H28N4/c1-4-17-8-10-19(11-9-17)16-24(3)20(22-5-2)23-14-12-18-7-6-13-21-15-18/h6-11,13,15H,4-5,12,14,16H2,1-3H3,(H,22,23). The molecule has 0 saturated carbocycles. The second-order valence-electron chi connectivity index (χ2n) is 5.87. The lowest BCUT2D eigenvalue weighted by atomic mass is 10.1. The molecule has 24 heavy (non-hydrogen) atoms. The van der Waals surface area contributed by atoms with E-state index in [1.165, 1.54) is 16.7 Å². The first-order valence-corrected chi connectivity index (χ1v) is 8.69. The Hall–Kier alpha value is -2.36. The van der Waals surface area contributed by atoms with E-state index in [1.54, 1.807) is 6.20 Å². The van der Waals surface area contributed by atoms with Gasteiger partial charge < -0.3 is 10.2 Å². The van der Waals surface area contributed by atoms with Crippen LogP contribution in [0.3, 0.4) is 0 Å². The molecule has 0 amide bonds. The van der Waals surface area contributed by atoms with Gasteiger partial charge in [-0.25, -0.2) is 0 Å². The third-order valence-electron chi connectivity index (χ3n) is 3.93. The highest BCUT2D eigenvalue weighted by Crippen LogP contribution is 2.07. The fraction of sp³-hybridized carbons (Fsp3) is 0.400. The molecule has 0 aliphatic heterocycles. The minimum absolute atomic E-state index is 0.757. The highest BCUT2D eigenvalue weighted by Gasteiger charge is 2.06. The van der Waals surface area contributed by atoms with E-state index in [0.717, 1.165) is 38.4 Å². The van der Waals surface area contributed by atoms with Crippen molar-refractivity contribution in [2.75, 3.05) is 20.1 Å². The molecule has 1 aromatic heterocycles. The highest BCUT2D eigenvalue weighted by atomic mass is 15.3. The van der Waals surface area contributed by atoms with E-state index >= 15 is 0 Å². The molecule has 4 heteroatoms. The van der Waals surface area contributed by atoms with Crippen LogP contribution in [0, 0.1) is 0 Å². The van der Waals surface area contributed by atoms with E-state index in [0.29, 0.717) is 0 Å². The van der Waals surface area contributed by atoms with Crippen LogP contribution in [-0.2, 0) is 19.4 Å². The minimum atomic E-state index is 0.757. The van der Waals surface area contributed by atoms with Crippen molar-refractivity contribution in [2.45, 2.75) is 33.2 Å². The van der Waals surface area contributed by atoms with Crippen molar-refractivity contribution >= 4 is 5.96 Å². The molecule has 0 aliphatic rings. The van der Waals surface area contributed by atoms with Gasteiger partial charge in [-0.05, 0) is 42.5 Å². The number of aryl methyl sites for hydroxylation is 1. The normalized spacial score (nSPS) is 11.4. The molecule has 1 aromatic carbocycles. The Bertz CT molecular complexity index is 620. The maximum atomic E-state index is 4.74. The van der Waals surface area contributed by atoms with Crippen LogP contribution in [0.1, 0.15) is 30.5 Å². The average molecular weight is 324 g/mol. The number of nitrogens with zero attached hydrogens (tertiary/aromatic N) is 3. The predicted molar refractivity (Wildman–Crippen MR) is 101 cm³/mol. The van der Waals surface area contributed by atoms with Crippen LogP contribution in [0.2, 0.25) is 0 Å². The maximum absolute atomic E-state index is 4.74. The van der Waals surface area contributed by atoms with Crippen molar-refractivity contribution in [3.63, 3.8) is 0 Å². The zero-order chi connectivity index (χ0) is 17.2. The van der Waals surface area contributed by atoms with Crippen molar-refractivity contribution in [1.29, 1.82) is 0 Å². The molecule has 0 bridgehead atoms. The second kappa shape index (κ2) is 9.71. The van der Waals surface area contributed by atoms with E-state index in [9.17, 15) is 0 Å². The van der Waals surface area contributed by atoms with Crippen molar-refractivity contribution in [2.24, 2.45) is 4.99 Å². The summed E-state index contributed by atoms with van der Waals surface area (Å²) in [4.78, 5) is 11.1. The molecule has 0 saturated heterocycles. The summed E-state index contributed by atoms with van der Waals surface area (Å²) in [5.41, 5.74) is 3.89. The van der Waals surface area contributed by atoms with Gasteiger partial charge in [-0.15, -0.1) is 0 Å².